The topological polar surface area (TPSA) is 64.7 Å². The number of amides is 2. The van der Waals surface area contributed by atoms with Gasteiger partial charge < -0.3 is 15.5 Å². The normalized spacial score (nSPS) is 19.6. The summed E-state index contributed by atoms with van der Waals surface area (Å²) in [5.41, 5.74) is 0. The summed E-state index contributed by atoms with van der Waals surface area (Å²) in [6, 6.07) is -0.660. The fourth-order valence-corrected chi connectivity index (χ4v) is 2.12. The lowest BCUT2D eigenvalue weighted by atomic mass is 10.2. The number of piperazine rings is 1. The van der Waals surface area contributed by atoms with Crippen LogP contribution in [0.2, 0.25) is 0 Å². The van der Waals surface area contributed by atoms with Gasteiger partial charge in [0.05, 0.1) is 6.04 Å². The van der Waals surface area contributed by atoms with Crippen LogP contribution < -0.4 is 10.6 Å². The fourth-order valence-electron chi connectivity index (χ4n) is 2.12. The van der Waals surface area contributed by atoms with E-state index >= 15 is 0 Å². The van der Waals surface area contributed by atoms with E-state index in [0.29, 0.717) is 6.54 Å². The zero-order chi connectivity index (χ0) is 14.4. The number of rotatable bonds is 5. The zero-order valence-electron chi connectivity index (χ0n) is 12.4. The second-order valence-electron chi connectivity index (χ2n) is 5.04. The van der Waals surface area contributed by atoms with Crippen LogP contribution in [0.15, 0.2) is 0 Å². The summed E-state index contributed by atoms with van der Waals surface area (Å²) in [7, 11) is 1.74. The van der Waals surface area contributed by atoms with E-state index in [9.17, 15) is 9.59 Å². The van der Waals surface area contributed by atoms with Gasteiger partial charge in [0.15, 0.2) is 0 Å². The molecule has 0 aromatic carbocycles. The first-order valence-electron chi connectivity index (χ1n) is 6.97. The summed E-state index contributed by atoms with van der Waals surface area (Å²) in [4.78, 5) is 27.8. The van der Waals surface area contributed by atoms with Crippen molar-refractivity contribution in [2.45, 2.75) is 32.9 Å². The van der Waals surface area contributed by atoms with Crippen molar-refractivity contribution in [1.82, 2.24) is 20.4 Å². The monoisotopic (exact) mass is 270 g/mol. The Morgan fingerprint density at radius 3 is 2.42 bits per heavy atom. The molecule has 2 N–H and O–H groups in total. The average molecular weight is 270 g/mol. The minimum absolute atomic E-state index is 0.0524. The first-order chi connectivity index (χ1) is 8.97. The van der Waals surface area contributed by atoms with Crippen molar-refractivity contribution in [3.05, 3.63) is 0 Å². The molecular weight excluding hydrogens is 244 g/mol. The second kappa shape index (κ2) is 7.45. The van der Waals surface area contributed by atoms with E-state index in [4.69, 9.17) is 0 Å². The van der Waals surface area contributed by atoms with Crippen LogP contribution in [-0.4, -0.2) is 73.5 Å². The predicted octanol–water partition coefficient (Wildman–Crippen LogP) is -0.737. The molecule has 2 unspecified atom stereocenters. The van der Waals surface area contributed by atoms with Crippen molar-refractivity contribution in [3.8, 4) is 0 Å². The van der Waals surface area contributed by atoms with Crippen molar-refractivity contribution in [2.24, 2.45) is 0 Å². The lowest BCUT2D eigenvalue weighted by Crippen LogP contribution is -2.55. The van der Waals surface area contributed by atoms with E-state index in [1.54, 1.807) is 18.9 Å². The Labute approximate surface area is 115 Å². The van der Waals surface area contributed by atoms with Gasteiger partial charge in [0, 0.05) is 39.8 Å². The Balaban J connectivity index is 2.46. The maximum absolute atomic E-state index is 12.1. The molecule has 0 aliphatic carbocycles. The molecule has 1 saturated heterocycles. The number of hydrogen-bond donors (Lipinski definition) is 2. The van der Waals surface area contributed by atoms with E-state index in [-0.39, 0.29) is 17.9 Å². The molecule has 1 heterocycles. The molecule has 1 rings (SSSR count). The second-order valence-corrected chi connectivity index (χ2v) is 5.04. The molecule has 1 aliphatic rings. The van der Waals surface area contributed by atoms with Crippen LogP contribution in [0.25, 0.3) is 0 Å². The molecule has 6 nitrogen and oxygen atoms in total. The van der Waals surface area contributed by atoms with Gasteiger partial charge >= 0.3 is 0 Å². The fraction of sp³-hybridized carbons (Fsp3) is 0.846. The van der Waals surface area contributed by atoms with Crippen LogP contribution in [0.1, 0.15) is 20.8 Å². The van der Waals surface area contributed by atoms with Crippen LogP contribution >= 0.6 is 0 Å². The molecule has 2 amide bonds. The van der Waals surface area contributed by atoms with Crippen LogP contribution in [0.5, 0.6) is 0 Å². The average Bonchev–Trinajstić information content (AvgIpc) is 2.45. The maximum atomic E-state index is 12.1. The largest absolute Gasteiger partial charge is 0.344 e. The molecule has 2 atom stereocenters. The summed E-state index contributed by atoms with van der Waals surface area (Å²) in [5, 5.41) is 6.06. The maximum Gasteiger partial charge on any atom is 0.244 e. The zero-order valence-corrected chi connectivity index (χ0v) is 12.4. The Hall–Kier alpha value is -1.14. The number of nitrogens with zero attached hydrogens (tertiary/aromatic N) is 2. The van der Waals surface area contributed by atoms with Gasteiger partial charge in [-0.25, -0.2) is 0 Å². The highest BCUT2D eigenvalue weighted by atomic mass is 16.2. The SMILES string of the molecule is CCN(C)C(=O)C(C)NC(=O)C(C)N1CCNCC1. The van der Waals surface area contributed by atoms with Gasteiger partial charge in [0.1, 0.15) is 6.04 Å². The number of likely N-dealkylation sites (N-methyl/N-ethyl adjacent to an activating group) is 1. The van der Waals surface area contributed by atoms with Crippen LogP contribution in [0.3, 0.4) is 0 Å². The summed E-state index contributed by atoms with van der Waals surface area (Å²) in [6.45, 7) is 9.73. The lowest BCUT2D eigenvalue weighted by molar-refractivity contribution is -0.136. The number of nitrogens with one attached hydrogen (secondary N) is 2. The third-order valence-electron chi connectivity index (χ3n) is 3.66. The quantitative estimate of drug-likeness (QED) is 0.691. The van der Waals surface area contributed by atoms with Gasteiger partial charge in [-0.1, -0.05) is 0 Å². The van der Waals surface area contributed by atoms with Crippen LogP contribution in [0, 0.1) is 0 Å². The van der Waals surface area contributed by atoms with Crippen molar-refractivity contribution in [2.75, 3.05) is 39.8 Å². The summed E-state index contributed by atoms with van der Waals surface area (Å²) in [5.74, 6) is -0.129. The Kier molecular flexibility index (Phi) is 6.24. The van der Waals surface area contributed by atoms with Crippen LogP contribution in [0.4, 0.5) is 0 Å². The molecular formula is C13H26N4O2. The smallest absolute Gasteiger partial charge is 0.244 e. The van der Waals surface area contributed by atoms with Gasteiger partial charge in [-0.05, 0) is 20.8 Å². The van der Waals surface area contributed by atoms with E-state index in [2.05, 4.69) is 15.5 Å². The molecule has 0 aromatic heterocycles. The van der Waals surface area contributed by atoms with Gasteiger partial charge in [-0.3, -0.25) is 14.5 Å². The molecule has 6 heteroatoms. The minimum Gasteiger partial charge on any atom is -0.344 e. The van der Waals surface area contributed by atoms with Crippen molar-refractivity contribution in [3.63, 3.8) is 0 Å². The summed E-state index contributed by atoms with van der Waals surface area (Å²) in [6.07, 6.45) is 0. The first-order valence-corrected chi connectivity index (χ1v) is 6.97. The highest BCUT2D eigenvalue weighted by Crippen LogP contribution is 2.02. The highest BCUT2D eigenvalue weighted by Gasteiger charge is 2.26. The standard InChI is InChI=1S/C13H26N4O2/c1-5-16(4)13(19)10(2)15-12(18)11(3)17-8-6-14-7-9-17/h10-11,14H,5-9H2,1-4H3,(H,15,18). The third kappa shape index (κ3) is 4.47. The number of hydrogen-bond acceptors (Lipinski definition) is 4. The Morgan fingerprint density at radius 2 is 1.89 bits per heavy atom. The minimum atomic E-state index is -0.470. The van der Waals surface area contributed by atoms with E-state index in [0.717, 1.165) is 26.2 Å². The Bertz CT molecular complexity index is 316. The molecule has 110 valence electrons. The van der Waals surface area contributed by atoms with E-state index < -0.39 is 6.04 Å². The predicted molar refractivity (Wildman–Crippen MR) is 74.8 cm³/mol. The van der Waals surface area contributed by atoms with Gasteiger partial charge in [-0.15, -0.1) is 0 Å². The molecule has 0 spiro atoms. The highest BCUT2D eigenvalue weighted by molar-refractivity contribution is 5.89. The third-order valence-corrected chi connectivity index (χ3v) is 3.66. The first kappa shape index (κ1) is 15.9. The molecule has 0 saturated carbocycles. The lowest BCUT2D eigenvalue weighted by Gasteiger charge is -2.32. The Morgan fingerprint density at radius 1 is 1.32 bits per heavy atom. The van der Waals surface area contributed by atoms with E-state index in [1.807, 2.05) is 13.8 Å². The molecule has 1 fully saturated rings. The molecule has 0 bridgehead atoms. The molecule has 0 radical (unpaired) electrons. The van der Waals surface area contributed by atoms with E-state index in [1.165, 1.54) is 0 Å². The van der Waals surface area contributed by atoms with Crippen molar-refractivity contribution >= 4 is 11.8 Å². The van der Waals surface area contributed by atoms with Crippen molar-refractivity contribution in [1.29, 1.82) is 0 Å². The van der Waals surface area contributed by atoms with Gasteiger partial charge in [0.25, 0.3) is 0 Å². The van der Waals surface area contributed by atoms with Gasteiger partial charge in [-0.2, -0.15) is 0 Å². The van der Waals surface area contributed by atoms with Gasteiger partial charge in [0.2, 0.25) is 11.8 Å². The van der Waals surface area contributed by atoms with Crippen molar-refractivity contribution < 1.29 is 9.59 Å². The molecule has 19 heavy (non-hydrogen) atoms. The number of carbonyl (C=O) groups excluding carboxylic acids is 2. The summed E-state index contributed by atoms with van der Waals surface area (Å²) < 4.78 is 0. The number of carbonyl (C=O) groups is 2. The summed E-state index contributed by atoms with van der Waals surface area (Å²) >= 11 is 0. The molecule has 0 aromatic rings. The van der Waals surface area contributed by atoms with Crippen LogP contribution in [-0.2, 0) is 9.59 Å². The molecule has 1 aliphatic heterocycles.